The van der Waals surface area contributed by atoms with Crippen molar-refractivity contribution in [1.82, 2.24) is 10.2 Å². The van der Waals surface area contributed by atoms with Crippen LogP contribution >= 0.6 is 15.9 Å². The fourth-order valence-electron chi connectivity index (χ4n) is 2.52. The number of ether oxygens (including phenoxy) is 1. The molecule has 7 heteroatoms. The molecule has 5 nitrogen and oxygen atoms in total. The van der Waals surface area contributed by atoms with Crippen LogP contribution in [0.1, 0.15) is 19.4 Å². The van der Waals surface area contributed by atoms with Crippen molar-refractivity contribution in [2.24, 2.45) is 0 Å². The standard InChI is InChI=1S/C20H22BrFN2O3/c1-3-23-20(26)14(2)24(12-15-7-6-8-16(21)11-15)19(25)13-27-18-10-5-4-9-17(18)22/h4-11,14H,3,12-13H2,1-2H3,(H,23,26)/t14-/m0/s1. The van der Waals surface area contributed by atoms with Crippen LogP contribution in [-0.2, 0) is 16.1 Å². The molecular formula is C20H22BrFN2O3. The van der Waals surface area contributed by atoms with Gasteiger partial charge in [0.05, 0.1) is 0 Å². The fraction of sp³-hybridized carbons (Fsp3) is 0.300. The van der Waals surface area contributed by atoms with Crippen LogP contribution in [0, 0.1) is 5.82 Å². The Labute approximate surface area is 166 Å². The number of carbonyl (C=O) groups excluding carboxylic acids is 2. The molecule has 2 rings (SSSR count). The third-order valence-electron chi connectivity index (χ3n) is 3.95. The van der Waals surface area contributed by atoms with Crippen molar-refractivity contribution in [1.29, 1.82) is 0 Å². The zero-order valence-electron chi connectivity index (χ0n) is 15.2. The van der Waals surface area contributed by atoms with Crippen LogP contribution in [0.5, 0.6) is 5.75 Å². The van der Waals surface area contributed by atoms with Gasteiger partial charge in [-0.3, -0.25) is 9.59 Å². The summed E-state index contributed by atoms with van der Waals surface area (Å²) in [5.74, 6) is -1.21. The predicted octanol–water partition coefficient (Wildman–Crippen LogP) is 3.52. The van der Waals surface area contributed by atoms with E-state index < -0.39 is 17.8 Å². The molecule has 0 aliphatic rings. The second kappa shape index (κ2) is 10.1. The number of para-hydroxylation sites is 1. The monoisotopic (exact) mass is 436 g/mol. The number of amides is 2. The first-order chi connectivity index (χ1) is 12.9. The highest BCUT2D eigenvalue weighted by Crippen LogP contribution is 2.18. The van der Waals surface area contributed by atoms with Crippen LogP contribution in [-0.4, -0.2) is 35.9 Å². The van der Waals surface area contributed by atoms with Gasteiger partial charge >= 0.3 is 0 Å². The second-order valence-corrected chi connectivity index (χ2v) is 6.86. The van der Waals surface area contributed by atoms with Gasteiger partial charge in [-0.15, -0.1) is 0 Å². The van der Waals surface area contributed by atoms with Crippen LogP contribution in [0.25, 0.3) is 0 Å². The number of hydrogen-bond acceptors (Lipinski definition) is 3. The van der Waals surface area contributed by atoms with Gasteiger partial charge in [0.2, 0.25) is 5.91 Å². The molecule has 1 N–H and O–H groups in total. The third kappa shape index (κ3) is 6.06. The van der Waals surface area contributed by atoms with Gasteiger partial charge in [0.15, 0.2) is 18.2 Å². The molecule has 0 fully saturated rings. The van der Waals surface area contributed by atoms with Crippen molar-refractivity contribution >= 4 is 27.7 Å². The van der Waals surface area contributed by atoms with Gasteiger partial charge in [0, 0.05) is 17.6 Å². The number of benzene rings is 2. The normalized spacial score (nSPS) is 11.6. The lowest BCUT2D eigenvalue weighted by Crippen LogP contribution is -2.49. The Morgan fingerprint density at radius 1 is 1.22 bits per heavy atom. The highest BCUT2D eigenvalue weighted by molar-refractivity contribution is 9.10. The maximum Gasteiger partial charge on any atom is 0.261 e. The summed E-state index contributed by atoms with van der Waals surface area (Å²) in [5, 5.41) is 2.72. The van der Waals surface area contributed by atoms with Crippen molar-refractivity contribution in [3.05, 3.63) is 64.4 Å². The minimum absolute atomic E-state index is 0.00100. The molecule has 144 valence electrons. The Morgan fingerprint density at radius 3 is 2.63 bits per heavy atom. The van der Waals surface area contributed by atoms with Gasteiger partial charge in [-0.25, -0.2) is 4.39 Å². The zero-order valence-corrected chi connectivity index (χ0v) is 16.8. The van der Waals surface area contributed by atoms with E-state index in [0.717, 1.165) is 10.0 Å². The quantitative estimate of drug-likeness (QED) is 0.688. The number of nitrogens with zero attached hydrogens (tertiary/aromatic N) is 1. The molecular weight excluding hydrogens is 415 g/mol. The number of hydrogen-bond donors (Lipinski definition) is 1. The number of nitrogens with one attached hydrogen (secondary N) is 1. The van der Waals surface area contributed by atoms with E-state index in [1.807, 2.05) is 31.2 Å². The topological polar surface area (TPSA) is 58.6 Å². The molecule has 1 atom stereocenters. The molecule has 2 amide bonds. The van der Waals surface area contributed by atoms with Gasteiger partial charge in [-0.1, -0.05) is 40.2 Å². The van der Waals surface area contributed by atoms with E-state index in [4.69, 9.17) is 4.74 Å². The van der Waals surface area contributed by atoms with E-state index in [1.165, 1.54) is 17.0 Å². The average Bonchev–Trinajstić information content (AvgIpc) is 2.65. The van der Waals surface area contributed by atoms with Gasteiger partial charge in [0.25, 0.3) is 5.91 Å². The Morgan fingerprint density at radius 2 is 1.96 bits per heavy atom. The molecule has 0 aromatic heterocycles. The van der Waals surface area contributed by atoms with E-state index in [1.54, 1.807) is 19.1 Å². The summed E-state index contributed by atoms with van der Waals surface area (Å²) < 4.78 is 19.9. The Balaban J connectivity index is 2.15. The smallest absolute Gasteiger partial charge is 0.261 e. The summed E-state index contributed by atoms with van der Waals surface area (Å²) in [7, 11) is 0. The van der Waals surface area contributed by atoms with E-state index in [0.29, 0.717) is 6.54 Å². The molecule has 0 spiro atoms. The first-order valence-electron chi connectivity index (χ1n) is 8.61. The van der Waals surface area contributed by atoms with Crippen molar-refractivity contribution in [3.63, 3.8) is 0 Å². The molecule has 2 aromatic carbocycles. The summed E-state index contributed by atoms with van der Waals surface area (Å²) >= 11 is 3.40. The summed E-state index contributed by atoms with van der Waals surface area (Å²) in [5.41, 5.74) is 0.861. The predicted molar refractivity (Wildman–Crippen MR) is 105 cm³/mol. The summed E-state index contributed by atoms with van der Waals surface area (Å²) in [6.45, 7) is 3.81. The zero-order chi connectivity index (χ0) is 19.8. The lowest BCUT2D eigenvalue weighted by Gasteiger charge is -2.28. The van der Waals surface area contributed by atoms with Gasteiger partial charge in [-0.05, 0) is 43.7 Å². The molecule has 0 saturated heterocycles. The molecule has 0 radical (unpaired) electrons. The van der Waals surface area contributed by atoms with Crippen LogP contribution < -0.4 is 10.1 Å². The molecule has 0 aliphatic heterocycles. The molecule has 0 unspecified atom stereocenters. The molecule has 0 heterocycles. The van der Waals surface area contributed by atoms with Crippen LogP contribution in [0.3, 0.4) is 0 Å². The molecule has 2 aromatic rings. The average molecular weight is 437 g/mol. The Hall–Kier alpha value is -2.41. The lowest BCUT2D eigenvalue weighted by molar-refractivity contribution is -0.142. The van der Waals surface area contributed by atoms with E-state index in [-0.39, 0.29) is 24.8 Å². The minimum atomic E-state index is -0.694. The SMILES string of the molecule is CCNC(=O)[C@H](C)N(Cc1cccc(Br)c1)C(=O)COc1ccccc1F. The number of halogens is 2. The van der Waals surface area contributed by atoms with Crippen LogP contribution in [0.2, 0.25) is 0 Å². The van der Waals surface area contributed by atoms with Crippen molar-refractivity contribution in [2.75, 3.05) is 13.2 Å². The van der Waals surface area contributed by atoms with E-state index in [2.05, 4.69) is 21.2 Å². The highest BCUT2D eigenvalue weighted by atomic mass is 79.9. The van der Waals surface area contributed by atoms with Crippen LogP contribution in [0.4, 0.5) is 4.39 Å². The maximum absolute atomic E-state index is 13.7. The third-order valence-corrected chi connectivity index (χ3v) is 4.44. The van der Waals surface area contributed by atoms with Gasteiger partial charge in [0.1, 0.15) is 6.04 Å². The summed E-state index contributed by atoms with van der Waals surface area (Å²) in [6, 6.07) is 12.7. The van der Waals surface area contributed by atoms with E-state index >= 15 is 0 Å². The minimum Gasteiger partial charge on any atom is -0.481 e. The van der Waals surface area contributed by atoms with Crippen molar-refractivity contribution < 1.29 is 18.7 Å². The van der Waals surface area contributed by atoms with E-state index in [9.17, 15) is 14.0 Å². The van der Waals surface area contributed by atoms with Gasteiger partial charge < -0.3 is 15.0 Å². The molecule has 0 aliphatic carbocycles. The lowest BCUT2D eigenvalue weighted by atomic mass is 10.1. The molecule has 27 heavy (non-hydrogen) atoms. The van der Waals surface area contributed by atoms with Gasteiger partial charge in [-0.2, -0.15) is 0 Å². The molecule has 0 bridgehead atoms. The van der Waals surface area contributed by atoms with Crippen molar-refractivity contribution in [2.45, 2.75) is 26.4 Å². The number of carbonyl (C=O) groups is 2. The van der Waals surface area contributed by atoms with Crippen molar-refractivity contribution in [3.8, 4) is 5.75 Å². The Kier molecular flexibility index (Phi) is 7.79. The summed E-state index contributed by atoms with van der Waals surface area (Å²) in [4.78, 5) is 26.4. The largest absolute Gasteiger partial charge is 0.481 e. The Bertz CT molecular complexity index is 800. The number of likely N-dealkylation sites (N-methyl/N-ethyl adjacent to an activating group) is 1. The second-order valence-electron chi connectivity index (χ2n) is 5.94. The molecule has 0 saturated carbocycles. The summed E-state index contributed by atoms with van der Waals surface area (Å²) in [6.07, 6.45) is 0. The maximum atomic E-state index is 13.7. The number of rotatable bonds is 8. The fourth-order valence-corrected chi connectivity index (χ4v) is 2.97. The first kappa shape index (κ1) is 20.9. The van der Waals surface area contributed by atoms with Crippen LogP contribution in [0.15, 0.2) is 53.0 Å². The first-order valence-corrected chi connectivity index (χ1v) is 9.40. The highest BCUT2D eigenvalue weighted by Gasteiger charge is 2.26.